The number of aromatic nitrogens is 5. The van der Waals surface area contributed by atoms with Crippen molar-refractivity contribution in [3.63, 3.8) is 0 Å². The lowest BCUT2D eigenvalue weighted by atomic mass is 9.79. The first-order chi connectivity index (χ1) is 25.2. The molecular formula is C39H38FN7O4S. The van der Waals surface area contributed by atoms with Crippen LogP contribution in [-0.4, -0.2) is 81.8 Å². The number of aliphatic hydroxyl groups is 1. The van der Waals surface area contributed by atoms with E-state index < -0.39 is 17.3 Å². The average molecular weight is 720 g/mol. The topological polar surface area (TPSA) is 130 Å². The number of amides is 1. The molecule has 2 aromatic carbocycles. The third-order valence-electron chi connectivity index (χ3n) is 10.4. The lowest BCUT2D eigenvalue weighted by Crippen LogP contribution is -2.53. The standard InChI is InChI=1S/C39H38FN7O4S/c40-33-19-27(20-41-35(33)48)36-42-21-29(52-36)22-44-15-11-30(32(23-44)26-7-3-1-4-8-26)37(49)45-17-13-39(51,14-18-45)24-46-25-43-34-31(38(46)50)12-16-47(34)28-9-5-2-6-10-28/h1-10,12,16,19-21,25,30,32,51H,11,13-15,17-18,22-24H2,(H,41,48)/t30-,32+/m1/s1. The van der Waals surface area contributed by atoms with Gasteiger partial charge < -0.3 is 19.7 Å². The molecule has 2 aliphatic heterocycles. The molecule has 2 N–H and O–H groups in total. The van der Waals surface area contributed by atoms with E-state index in [1.54, 1.807) is 12.3 Å². The van der Waals surface area contributed by atoms with Crippen molar-refractivity contribution in [3.8, 4) is 22.1 Å². The van der Waals surface area contributed by atoms with Gasteiger partial charge in [-0.3, -0.25) is 19.1 Å². The molecule has 2 aliphatic rings. The number of nitrogens with zero attached hydrogens (tertiary/aromatic N) is 7. The summed E-state index contributed by atoms with van der Waals surface area (Å²) < 4.78 is 17.3. The zero-order valence-electron chi connectivity index (χ0n) is 28.4. The maximum Gasteiger partial charge on any atom is 0.262 e. The fraction of sp³-hybridized carbons (Fsp3) is 0.308. The molecule has 8 rings (SSSR count). The zero-order chi connectivity index (χ0) is 35.8. The van der Waals surface area contributed by atoms with Gasteiger partial charge in [0.05, 0.1) is 17.5 Å². The summed E-state index contributed by atoms with van der Waals surface area (Å²) in [6, 6.07) is 22.9. The van der Waals surface area contributed by atoms with E-state index in [9.17, 15) is 24.2 Å². The second kappa shape index (κ2) is 14.1. The maximum absolute atomic E-state index is 14.2. The summed E-state index contributed by atoms with van der Waals surface area (Å²) in [4.78, 5) is 45.7. The van der Waals surface area contributed by atoms with Crippen LogP contribution in [0.1, 0.15) is 35.6 Å². The molecule has 0 radical (unpaired) electrons. The molecule has 6 aromatic rings. The smallest absolute Gasteiger partial charge is 0.262 e. The summed E-state index contributed by atoms with van der Waals surface area (Å²) in [7, 11) is 0. The lowest BCUT2D eigenvalue weighted by molar-refractivity contribution is -0.142. The summed E-state index contributed by atoms with van der Waals surface area (Å²) in [5, 5.41) is 22.2. The Labute approximate surface area is 303 Å². The second-order valence-corrected chi connectivity index (χ2v) is 14.9. The van der Waals surface area contributed by atoms with Crippen LogP contribution in [0.15, 0.2) is 103 Å². The van der Waals surface area contributed by atoms with Gasteiger partial charge in [-0.1, -0.05) is 48.5 Å². The highest BCUT2D eigenvalue weighted by molar-refractivity contribution is 7.15. The van der Waals surface area contributed by atoms with E-state index in [0.29, 0.717) is 67.0 Å². The monoisotopic (exact) mass is 719 g/mol. The third-order valence-corrected chi connectivity index (χ3v) is 11.4. The number of aromatic hydroxyl groups is 1. The first-order valence-corrected chi connectivity index (χ1v) is 18.3. The molecule has 11 nitrogen and oxygen atoms in total. The van der Waals surface area contributed by atoms with Gasteiger partial charge in [-0.2, -0.15) is 0 Å². The molecule has 4 aromatic heterocycles. The number of carbonyl (C=O) groups is 1. The molecule has 0 unspecified atom stereocenters. The Morgan fingerprint density at radius 1 is 0.962 bits per heavy atom. The molecule has 0 aliphatic carbocycles. The van der Waals surface area contributed by atoms with Gasteiger partial charge in [-0.25, -0.2) is 19.3 Å². The first-order valence-electron chi connectivity index (χ1n) is 17.4. The molecule has 0 bridgehead atoms. The minimum absolute atomic E-state index is 0.0226. The number of pyridine rings is 1. The molecule has 266 valence electrons. The van der Waals surface area contributed by atoms with Gasteiger partial charge in [0.25, 0.3) is 5.56 Å². The Bertz CT molecular complexity index is 2270. The summed E-state index contributed by atoms with van der Waals surface area (Å²) in [6.45, 7) is 2.97. The van der Waals surface area contributed by atoms with Crippen LogP contribution in [0.3, 0.4) is 0 Å². The summed E-state index contributed by atoms with van der Waals surface area (Å²) in [5.41, 5.74) is 1.75. The molecule has 2 fully saturated rings. The van der Waals surface area contributed by atoms with Crippen molar-refractivity contribution in [2.45, 2.75) is 43.9 Å². The van der Waals surface area contributed by atoms with Crippen LogP contribution in [0, 0.1) is 11.7 Å². The predicted octanol–water partition coefficient (Wildman–Crippen LogP) is 5.21. The molecule has 2 atom stereocenters. The number of rotatable bonds is 8. The van der Waals surface area contributed by atoms with E-state index in [4.69, 9.17) is 0 Å². The van der Waals surface area contributed by atoms with Gasteiger partial charge in [0, 0.05) is 72.7 Å². The fourth-order valence-corrected chi connectivity index (χ4v) is 8.53. The Balaban J connectivity index is 0.929. The van der Waals surface area contributed by atoms with Crippen LogP contribution in [0.5, 0.6) is 5.88 Å². The summed E-state index contributed by atoms with van der Waals surface area (Å²) >= 11 is 1.46. The second-order valence-electron chi connectivity index (χ2n) is 13.8. The number of hydrogen-bond donors (Lipinski definition) is 2. The normalized spacial score (nSPS) is 19.2. The Kier molecular flexibility index (Phi) is 9.16. The number of para-hydroxylation sites is 1. The van der Waals surface area contributed by atoms with Crippen molar-refractivity contribution in [3.05, 3.63) is 124 Å². The molecule has 2 saturated heterocycles. The Morgan fingerprint density at radius 2 is 1.71 bits per heavy atom. The van der Waals surface area contributed by atoms with Crippen LogP contribution >= 0.6 is 11.3 Å². The van der Waals surface area contributed by atoms with E-state index in [2.05, 4.69) is 32.0 Å². The number of benzene rings is 2. The van der Waals surface area contributed by atoms with Gasteiger partial charge >= 0.3 is 0 Å². The fourth-order valence-electron chi connectivity index (χ4n) is 7.60. The number of likely N-dealkylation sites (tertiary alicyclic amines) is 2. The molecule has 1 amide bonds. The number of thiazole rings is 1. The van der Waals surface area contributed by atoms with Gasteiger partial charge in [-0.05, 0) is 55.6 Å². The maximum atomic E-state index is 14.2. The molecule has 0 saturated carbocycles. The molecule has 6 heterocycles. The van der Waals surface area contributed by atoms with Gasteiger partial charge in [0.15, 0.2) is 11.5 Å². The molecular weight excluding hydrogens is 682 g/mol. The first kappa shape index (κ1) is 33.9. The molecule has 0 spiro atoms. The number of hydrogen-bond acceptors (Lipinski definition) is 9. The lowest BCUT2D eigenvalue weighted by Gasteiger charge is -2.43. The van der Waals surface area contributed by atoms with Crippen molar-refractivity contribution in [2.24, 2.45) is 5.92 Å². The highest BCUT2D eigenvalue weighted by Crippen LogP contribution is 2.37. The Morgan fingerprint density at radius 3 is 2.46 bits per heavy atom. The van der Waals surface area contributed by atoms with E-state index in [1.807, 2.05) is 64.2 Å². The van der Waals surface area contributed by atoms with Gasteiger partial charge in [0.2, 0.25) is 11.8 Å². The van der Waals surface area contributed by atoms with Crippen molar-refractivity contribution in [2.75, 3.05) is 26.2 Å². The molecule has 52 heavy (non-hydrogen) atoms. The predicted molar refractivity (Wildman–Crippen MR) is 196 cm³/mol. The van der Waals surface area contributed by atoms with Gasteiger partial charge in [0.1, 0.15) is 11.3 Å². The van der Waals surface area contributed by atoms with Crippen molar-refractivity contribution in [1.29, 1.82) is 0 Å². The van der Waals surface area contributed by atoms with E-state index in [0.717, 1.165) is 22.7 Å². The highest BCUT2D eigenvalue weighted by atomic mass is 32.1. The highest BCUT2D eigenvalue weighted by Gasteiger charge is 2.41. The number of fused-ring (bicyclic) bond motifs is 1. The van der Waals surface area contributed by atoms with Crippen LogP contribution in [0.4, 0.5) is 4.39 Å². The Hall–Kier alpha value is -5.24. The minimum atomic E-state index is -1.14. The van der Waals surface area contributed by atoms with Crippen molar-refractivity contribution >= 4 is 28.3 Å². The zero-order valence-corrected chi connectivity index (χ0v) is 29.2. The minimum Gasteiger partial charge on any atom is -0.491 e. The van der Waals surface area contributed by atoms with Crippen molar-refractivity contribution in [1.82, 2.24) is 33.9 Å². The van der Waals surface area contributed by atoms with Crippen LogP contribution in [-0.2, 0) is 17.9 Å². The van der Waals surface area contributed by atoms with Crippen molar-refractivity contribution < 1.29 is 19.4 Å². The van der Waals surface area contributed by atoms with E-state index in [-0.39, 0.29) is 29.8 Å². The van der Waals surface area contributed by atoms with E-state index >= 15 is 0 Å². The third kappa shape index (κ3) is 6.74. The number of piperidine rings is 2. The van der Waals surface area contributed by atoms with Crippen LogP contribution in [0.2, 0.25) is 0 Å². The largest absolute Gasteiger partial charge is 0.491 e. The number of carbonyl (C=O) groups excluding carboxylic acids is 1. The average Bonchev–Trinajstić information content (AvgIpc) is 3.83. The quantitative estimate of drug-likeness (QED) is 0.220. The van der Waals surface area contributed by atoms with Crippen LogP contribution in [0.25, 0.3) is 27.3 Å². The van der Waals surface area contributed by atoms with E-state index in [1.165, 1.54) is 34.5 Å². The number of halogens is 1. The summed E-state index contributed by atoms with van der Waals surface area (Å²) in [6.07, 6.45) is 7.94. The van der Waals surface area contributed by atoms with Gasteiger partial charge in [-0.15, -0.1) is 11.3 Å². The SMILES string of the molecule is O=C([C@@H]1CCN(Cc2cnc(-c3cnc(O)c(F)c3)s2)C[C@H]1c1ccccc1)N1CCC(O)(Cn2cnc3c(ccn3-c3ccccc3)c2=O)CC1. The van der Waals surface area contributed by atoms with Crippen LogP contribution < -0.4 is 5.56 Å². The summed E-state index contributed by atoms with van der Waals surface area (Å²) in [5.74, 6) is -1.56. The molecule has 13 heteroatoms.